The van der Waals surface area contributed by atoms with Gasteiger partial charge >= 0.3 is 0 Å². The molecule has 6 nitrogen and oxygen atoms in total. The summed E-state index contributed by atoms with van der Waals surface area (Å²) in [4.78, 5) is 30.2. The lowest BCUT2D eigenvalue weighted by molar-refractivity contribution is 0.0938. The van der Waals surface area contributed by atoms with Gasteiger partial charge in [-0.2, -0.15) is 0 Å². The lowest BCUT2D eigenvalue weighted by Gasteiger charge is -2.39. The van der Waals surface area contributed by atoms with Crippen molar-refractivity contribution in [3.8, 4) is 0 Å². The van der Waals surface area contributed by atoms with E-state index in [1.807, 2.05) is 43.3 Å². The second-order valence-corrected chi connectivity index (χ2v) is 16.4. The molecule has 2 unspecified atom stereocenters. The maximum absolute atomic E-state index is 13.2. The third-order valence-corrected chi connectivity index (χ3v) is 12.8. The molecule has 2 aliphatic rings. The predicted molar refractivity (Wildman–Crippen MR) is 141 cm³/mol. The number of nitrogens with zero attached hydrogens (tertiary/aromatic N) is 1. The average molecular weight is 494 g/mol. The molecule has 7 heteroatoms. The number of carbonyl (C=O) groups excluding carboxylic acids is 2. The molecular weight excluding hydrogens is 454 g/mol. The van der Waals surface area contributed by atoms with Crippen molar-refractivity contribution in [1.82, 2.24) is 15.6 Å². The van der Waals surface area contributed by atoms with Crippen LogP contribution in [0.3, 0.4) is 0 Å². The Morgan fingerprint density at radius 2 is 1.69 bits per heavy atom. The van der Waals surface area contributed by atoms with Gasteiger partial charge in [0.25, 0.3) is 11.8 Å². The Kier molecular flexibility index (Phi) is 6.95. The molecule has 1 aromatic carbocycles. The smallest absolute Gasteiger partial charge is 0.269 e. The van der Waals surface area contributed by atoms with Crippen molar-refractivity contribution in [2.45, 2.75) is 76.7 Å². The van der Waals surface area contributed by atoms with Crippen LogP contribution in [0.4, 0.5) is 0 Å². The summed E-state index contributed by atoms with van der Waals surface area (Å²) in [6.07, 6.45) is 2.33. The topological polar surface area (TPSA) is 80.3 Å². The van der Waals surface area contributed by atoms with Crippen molar-refractivity contribution in [2.24, 2.45) is 11.8 Å². The Morgan fingerprint density at radius 1 is 1.06 bits per heavy atom. The van der Waals surface area contributed by atoms with Crippen molar-refractivity contribution in [3.63, 3.8) is 0 Å². The van der Waals surface area contributed by atoms with Crippen molar-refractivity contribution in [2.75, 3.05) is 7.05 Å². The highest BCUT2D eigenvalue weighted by atomic mass is 28.4. The van der Waals surface area contributed by atoms with E-state index in [0.717, 1.165) is 18.4 Å². The summed E-state index contributed by atoms with van der Waals surface area (Å²) in [5, 5.41) is 6.06. The van der Waals surface area contributed by atoms with E-state index in [4.69, 9.17) is 4.43 Å². The van der Waals surface area contributed by atoms with Crippen LogP contribution in [0.25, 0.3) is 0 Å². The lowest BCUT2D eigenvalue weighted by atomic mass is 9.95. The van der Waals surface area contributed by atoms with E-state index in [2.05, 4.69) is 49.5 Å². The van der Waals surface area contributed by atoms with Gasteiger partial charge in [0.1, 0.15) is 5.69 Å². The third-order valence-electron chi connectivity index (χ3n) is 8.28. The van der Waals surface area contributed by atoms with Gasteiger partial charge in [0.15, 0.2) is 8.32 Å². The Hall–Kier alpha value is -2.51. The van der Waals surface area contributed by atoms with E-state index in [-0.39, 0.29) is 34.5 Å². The number of amides is 2. The van der Waals surface area contributed by atoms with Crippen LogP contribution in [-0.4, -0.2) is 44.3 Å². The summed E-state index contributed by atoms with van der Waals surface area (Å²) in [6.45, 7) is 13.5. The zero-order valence-electron chi connectivity index (χ0n) is 22.0. The first-order valence-electron chi connectivity index (χ1n) is 12.7. The third kappa shape index (κ3) is 5.36. The fourth-order valence-corrected chi connectivity index (χ4v) is 6.37. The molecule has 2 fully saturated rings. The van der Waals surface area contributed by atoms with Crippen LogP contribution in [0.2, 0.25) is 18.1 Å². The molecule has 2 saturated carbocycles. The number of hydrogen-bond acceptors (Lipinski definition) is 4. The normalized spacial score (nSPS) is 24.4. The maximum Gasteiger partial charge on any atom is 0.269 e. The van der Waals surface area contributed by atoms with Crippen LogP contribution in [0.1, 0.15) is 78.6 Å². The maximum atomic E-state index is 13.2. The number of nitrogens with one attached hydrogen (secondary N) is 2. The first-order valence-corrected chi connectivity index (χ1v) is 15.6. The van der Waals surface area contributed by atoms with Crippen LogP contribution in [-0.2, 0) is 4.43 Å². The van der Waals surface area contributed by atoms with E-state index in [0.29, 0.717) is 29.2 Å². The summed E-state index contributed by atoms with van der Waals surface area (Å²) in [6, 6.07) is 13.6. The van der Waals surface area contributed by atoms with E-state index < -0.39 is 8.32 Å². The Labute approximate surface area is 210 Å². The molecule has 1 aromatic heterocycles. The van der Waals surface area contributed by atoms with Crippen molar-refractivity contribution in [1.29, 1.82) is 0 Å². The molecule has 0 radical (unpaired) electrons. The summed E-state index contributed by atoms with van der Waals surface area (Å²) >= 11 is 0. The summed E-state index contributed by atoms with van der Waals surface area (Å²) < 4.78 is 6.61. The number of hydrogen-bond donors (Lipinski definition) is 2. The highest BCUT2D eigenvalue weighted by Crippen LogP contribution is 2.54. The quantitative estimate of drug-likeness (QED) is 0.525. The summed E-state index contributed by atoms with van der Waals surface area (Å²) in [7, 11) is -0.210. The summed E-state index contributed by atoms with van der Waals surface area (Å²) in [5.41, 5.74) is 2.54. The molecular formula is C28H39N3O3Si. The van der Waals surface area contributed by atoms with Crippen molar-refractivity contribution in [3.05, 3.63) is 65.0 Å². The molecule has 4 rings (SSSR count). The van der Waals surface area contributed by atoms with Gasteiger partial charge < -0.3 is 15.1 Å². The average Bonchev–Trinajstić information content (AvgIpc) is 3.25. The molecule has 2 amide bonds. The minimum atomic E-state index is -1.78. The van der Waals surface area contributed by atoms with Crippen LogP contribution in [0, 0.1) is 11.8 Å². The van der Waals surface area contributed by atoms with E-state index in [9.17, 15) is 9.59 Å². The molecule has 2 N–H and O–H groups in total. The van der Waals surface area contributed by atoms with Crippen molar-refractivity contribution >= 4 is 20.1 Å². The summed E-state index contributed by atoms with van der Waals surface area (Å²) in [5.74, 6) is 0.490. The Bertz CT molecular complexity index is 1080. The number of carbonyl (C=O) groups is 2. The van der Waals surface area contributed by atoms with Gasteiger partial charge in [-0.15, -0.1) is 0 Å². The van der Waals surface area contributed by atoms with Crippen molar-refractivity contribution < 1.29 is 14.0 Å². The molecule has 0 saturated heterocycles. The molecule has 2 aromatic rings. The van der Waals surface area contributed by atoms with Gasteiger partial charge in [-0.05, 0) is 60.5 Å². The van der Waals surface area contributed by atoms with E-state index >= 15 is 0 Å². The molecule has 0 spiro atoms. The SMILES string of the molecule is CNC(=O)c1cc(C(=O)NC2[C@H]3CC(O[Si](C)(C)C(C)(C)C)C[C@@H]23)cc([C@@H](C)c2ccccc2)n1. The molecule has 188 valence electrons. The molecule has 35 heavy (non-hydrogen) atoms. The van der Waals surface area contributed by atoms with Crippen LogP contribution >= 0.6 is 0 Å². The van der Waals surface area contributed by atoms with Gasteiger partial charge in [0.2, 0.25) is 0 Å². The molecule has 0 bridgehead atoms. The largest absolute Gasteiger partial charge is 0.414 e. The number of pyridine rings is 1. The molecule has 5 atom stereocenters. The second-order valence-electron chi connectivity index (χ2n) is 11.7. The zero-order valence-corrected chi connectivity index (χ0v) is 23.0. The predicted octanol–water partition coefficient (Wildman–Crippen LogP) is 5.12. The van der Waals surface area contributed by atoms with Crippen LogP contribution in [0.5, 0.6) is 0 Å². The van der Waals surface area contributed by atoms with Crippen LogP contribution in [0.15, 0.2) is 42.5 Å². The van der Waals surface area contributed by atoms with E-state index in [1.54, 1.807) is 13.1 Å². The van der Waals surface area contributed by atoms with Gasteiger partial charge in [-0.25, -0.2) is 4.98 Å². The minimum absolute atomic E-state index is 0.0408. The Morgan fingerprint density at radius 3 is 2.26 bits per heavy atom. The first kappa shape index (κ1) is 25.6. The number of aromatic nitrogens is 1. The molecule has 1 heterocycles. The van der Waals surface area contributed by atoms with Crippen LogP contribution < -0.4 is 10.6 Å². The highest BCUT2D eigenvalue weighted by Gasteiger charge is 2.58. The van der Waals surface area contributed by atoms with E-state index in [1.165, 1.54) is 0 Å². The van der Waals surface area contributed by atoms with Gasteiger partial charge in [0, 0.05) is 36.4 Å². The number of fused-ring (bicyclic) bond motifs is 1. The number of benzene rings is 1. The van der Waals surface area contributed by atoms with Gasteiger partial charge in [-0.1, -0.05) is 58.0 Å². The molecule has 0 aliphatic heterocycles. The Balaban J connectivity index is 1.45. The fourth-order valence-electron chi connectivity index (χ4n) is 4.99. The second kappa shape index (κ2) is 9.51. The highest BCUT2D eigenvalue weighted by molar-refractivity contribution is 6.74. The zero-order chi connectivity index (χ0) is 25.5. The number of rotatable bonds is 7. The lowest BCUT2D eigenvalue weighted by Crippen LogP contribution is -2.44. The first-order chi connectivity index (χ1) is 16.4. The minimum Gasteiger partial charge on any atom is -0.414 e. The van der Waals surface area contributed by atoms with Gasteiger partial charge in [0.05, 0.1) is 0 Å². The molecule has 2 aliphatic carbocycles. The fraction of sp³-hybridized carbons (Fsp3) is 0.536. The standard InChI is InChI=1S/C28H39N3O3Si/c1-17(18-11-9-8-10-12-18)23-13-19(14-24(30-23)27(33)29-5)26(32)31-25-21-15-20(16-22(21)25)34-35(6,7)28(2,3)4/h8-14,17,20-22,25H,15-16H2,1-7H3,(H,29,33)(H,31,32)/t17-,20?,21-,22+,25?/m0/s1. The van der Waals surface area contributed by atoms with Gasteiger partial charge in [-0.3, -0.25) is 9.59 Å². The monoisotopic (exact) mass is 493 g/mol.